The van der Waals surface area contributed by atoms with Gasteiger partial charge in [-0.2, -0.15) is 5.10 Å². The highest BCUT2D eigenvalue weighted by Gasteiger charge is 2.51. The molecule has 4 bridgehead atoms. The van der Waals surface area contributed by atoms with Crippen molar-refractivity contribution in [2.24, 2.45) is 23.2 Å². The van der Waals surface area contributed by atoms with Crippen LogP contribution in [0.1, 0.15) is 54.6 Å². The first-order valence-corrected chi connectivity index (χ1v) is 16.8. The number of methoxy groups -OCH3 is 1. The second-order valence-electron chi connectivity index (χ2n) is 13.6. The van der Waals surface area contributed by atoms with Crippen LogP contribution in [0.4, 0.5) is 11.1 Å². The number of hydrogen-bond acceptors (Lipinski definition) is 9. The molecule has 5 aromatic heterocycles. The van der Waals surface area contributed by atoms with Crippen molar-refractivity contribution >= 4 is 44.2 Å². The molecule has 10 rings (SSSR count). The number of carbonyl (C=O) groups is 1. The maximum Gasteiger partial charge on any atom is 0.342 e. The third kappa shape index (κ3) is 4.51. The van der Waals surface area contributed by atoms with E-state index in [1.807, 2.05) is 47.1 Å². The van der Waals surface area contributed by atoms with Gasteiger partial charge < -0.3 is 10.1 Å². The van der Waals surface area contributed by atoms with Crippen LogP contribution < -0.4 is 5.32 Å². The summed E-state index contributed by atoms with van der Waals surface area (Å²) in [4.78, 5) is 31.7. The SMILES string of the molecule is COC(=O)c1c(-c2cnn(CC34CC5CC(CC(C5)C3)C4)c2C)ccn2c(-c3cnc(Nc4nc5ccccc5s4)nc3)cnc12. The minimum absolute atomic E-state index is 0.359. The van der Waals surface area contributed by atoms with Crippen molar-refractivity contribution in [2.75, 3.05) is 12.4 Å². The molecule has 0 aliphatic heterocycles. The van der Waals surface area contributed by atoms with E-state index in [1.54, 1.807) is 29.9 Å². The average Bonchev–Trinajstić information content (AvgIpc) is 3.76. The molecule has 1 N–H and O–H groups in total. The van der Waals surface area contributed by atoms with Crippen molar-refractivity contribution in [3.8, 4) is 22.4 Å². The van der Waals surface area contributed by atoms with Crippen LogP contribution >= 0.6 is 11.3 Å². The zero-order chi connectivity index (χ0) is 31.0. The van der Waals surface area contributed by atoms with Crippen LogP contribution in [-0.2, 0) is 11.3 Å². The van der Waals surface area contributed by atoms with E-state index in [9.17, 15) is 4.79 Å². The Balaban J connectivity index is 1.02. The van der Waals surface area contributed by atoms with E-state index in [0.717, 1.165) is 67.7 Å². The molecule has 0 saturated heterocycles. The monoisotopic (exact) mass is 630 g/mol. The van der Waals surface area contributed by atoms with Crippen LogP contribution in [0, 0.1) is 30.1 Å². The van der Waals surface area contributed by atoms with Crippen molar-refractivity contribution in [2.45, 2.75) is 52.0 Å². The van der Waals surface area contributed by atoms with Crippen LogP contribution in [-0.4, -0.2) is 47.2 Å². The summed E-state index contributed by atoms with van der Waals surface area (Å²) in [5.74, 6) is 2.69. The number of anilines is 2. The third-order valence-corrected chi connectivity index (χ3v) is 11.5. The molecule has 4 aliphatic carbocycles. The molecule has 5 heterocycles. The summed E-state index contributed by atoms with van der Waals surface area (Å²) >= 11 is 1.55. The molecule has 0 unspecified atom stereocenters. The van der Waals surface area contributed by atoms with Crippen molar-refractivity contribution in [1.82, 2.24) is 34.1 Å². The van der Waals surface area contributed by atoms with E-state index >= 15 is 0 Å². The zero-order valence-electron chi connectivity index (χ0n) is 25.8. The van der Waals surface area contributed by atoms with Gasteiger partial charge in [0.25, 0.3) is 0 Å². The van der Waals surface area contributed by atoms with Gasteiger partial charge >= 0.3 is 5.97 Å². The number of aromatic nitrogens is 7. The first kappa shape index (κ1) is 27.7. The molecule has 46 heavy (non-hydrogen) atoms. The predicted molar refractivity (Wildman–Crippen MR) is 177 cm³/mol. The average molecular weight is 631 g/mol. The molecule has 0 amide bonds. The third-order valence-electron chi connectivity index (χ3n) is 10.6. The van der Waals surface area contributed by atoms with E-state index < -0.39 is 5.97 Å². The molecule has 11 heteroatoms. The number of para-hydroxylation sites is 1. The molecule has 1 aromatic carbocycles. The Bertz CT molecular complexity index is 2060. The molecule has 0 spiro atoms. The lowest BCUT2D eigenvalue weighted by atomic mass is 9.49. The van der Waals surface area contributed by atoms with E-state index in [-0.39, 0.29) is 0 Å². The van der Waals surface area contributed by atoms with E-state index in [1.165, 1.54) is 45.6 Å². The summed E-state index contributed by atoms with van der Waals surface area (Å²) in [7, 11) is 1.41. The van der Waals surface area contributed by atoms with Gasteiger partial charge in [0.1, 0.15) is 5.56 Å². The van der Waals surface area contributed by atoms with Crippen LogP contribution in [0.2, 0.25) is 0 Å². The Kier molecular flexibility index (Phi) is 6.28. The van der Waals surface area contributed by atoms with E-state index in [4.69, 9.17) is 14.8 Å². The van der Waals surface area contributed by atoms with Gasteiger partial charge in [-0.1, -0.05) is 23.5 Å². The summed E-state index contributed by atoms with van der Waals surface area (Å²) in [5, 5.41) is 8.82. The molecule has 0 radical (unpaired) electrons. The van der Waals surface area contributed by atoms with Crippen LogP contribution in [0.3, 0.4) is 0 Å². The van der Waals surface area contributed by atoms with E-state index in [2.05, 4.69) is 31.9 Å². The molecule has 4 aliphatic rings. The van der Waals surface area contributed by atoms with Crippen molar-refractivity contribution in [3.05, 3.63) is 72.6 Å². The number of ether oxygens (including phenoxy) is 1. The maximum atomic E-state index is 13.3. The highest BCUT2D eigenvalue weighted by Crippen LogP contribution is 2.60. The first-order valence-electron chi connectivity index (χ1n) is 16.0. The quantitative estimate of drug-likeness (QED) is 0.183. The van der Waals surface area contributed by atoms with Gasteiger partial charge in [-0.3, -0.25) is 9.08 Å². The minimum Gasteiger partial charge on any atom is -0.465 e. The molecule has 6 aromatic rings. The number of rotatable bonds is 7. The van der Waals surface area contributed by atoms with E-state index in [0.29, 0.717) is 22.6 Å². The molecule has 4 saturated carbocycles. The van der Waals surface area contributed by atoms with Crippen LogP contribution in [0.5, 0.6) is 0 Å². The number of esters is 1. The smallest absolute Gasteiger partial charge is 0.342 e. The maximum absolute atomic E-state index is 13.3. The van der Waals surface area contributed by atoms with Gasteiger partial charge in [0, 0.05) is 47.5 Å². The second-order valence-corrected chi connectivity index (χ2v) is 14.6. The van der Waals surface area contributed by atoms with Crippen molar-refractivity contribution in [1.29, 1.82) is 0 Å². The van der Waals surface area contributed by atoms with Gasteiger partial charge in [0.15, 0.2) is 10.8 Å². The predicted octanol–water partition coefficient (Wildman–Crippen LogP) is 7.32. The van der Waals surface area contributed by atoms with Crippen molar-refractivity contribution < 1.29 is 9.53 Å². The number of benzene rings is 1. The number of carbonyl (C=O) groups excluding carboxylic acids is 1. The molecule has 0 atom stereocenters. The molecule has 10 nitrogen and oxygen atoms in total. The second kappa shape index (κ2) is 10.4. The Morgan fingerprint density at radius 2 is 1.72 bits per heavy atom. The van der Waals surface area contributed by atoms with Crippen molar-refractivity contribution in [3.63, 3.8) is 0 Å². The highest BCUT2D eigenvalue weighted by molar-refractivity contribution is 7.22. The van der Waals surface area contributed by atoms with Gasteiger partial charge in [-0.15, -0.1) is 0 Å². The fourth-order valence-corrected chi connectivity index (χ4v) is 9.87. The Morgan fingerprint density at radius 1 is 0.978 bits per heavy atom. The lowest BCUT2D eigenvalue weighted by Crippen LogP contribution is -2.48. The molecular formula is C35H34N8O2S. The summed E-state index contributed by atoms with van der Waals surface area (Å²) in [5.41, 5.74) is 6.55. The highest BCUT2D eigenvalue weighted by atomic mass is 32.1. The Labute approximate surface area is 269 Å². The summed E-state index contributed by atoms with van der Waals surface area (Å²) < 4.78 is 10.5. The number of imidazole rings is 1. The molecule has 232 valence electrons. The summed E-state index contributed by atoms with van der Waals surface area (Å²) in [6.07, 6.45) is 17.3. The lowest BCUT2D eigenvalue weighted by molar-refractivity contribution is -0.0638. The van der Waals surface area contributed by atoms with Gasteiger partial charge in [-0.25, -0.2) is 24.7 Å². The fraction of sp³-hybridized carbons (Fsp3) is 0.371. The molecule has 4 fully saturated rings. The largest absolute Gasteiger partial charge is 0.465 e. The molecular weight excluding hydrogens is 597 g/mol. The van der Waals surface area contributed by atoms with Gasteiger partial charge in [0.05, 0.1) is 35.4 Å². The minimum atomic E-state index is -0.433. The standard InChI is InChI=1S/C35H34N8O2S/c1-20-26(17-39-43(20)19-35-12-21-9-22(13-35)11-23(10-21)14-35)25-7-8-42-28(18-36-31(42)30(25)32(44)45-2)24-15-37-33(38-16-24)41-34-40-27-5-3-4-6-29(27)46-34/h3-8,15-18,21-23H,9-14,19H2,1-2H3,(H,37,38,40,41). The topological polar surface area (TPSA) is 112 Å². The summed E-state index contributed by atoms with van der Waals surface area (Å²) in [6, 6.07) is 9.96. The van der Waals surface area contributed by atoms with Crippen LogP contribution in [0.25, 0.3) is 38.2 Å². The van der Waals surface area contributed by atoms with Crippen LogP contribution in [0.15, 0.2) is 61.3 Å². The number of nitrogens with one attached hydrogen (secondary N) is 1. The number of nitrogens with zero attached hydrogens (tertiary/aromatic N) is 7. The Hall–Kier alpha value is -4.64. The zero-order valence-corrected chi connectivity index (χ0v) is 26.6. The summed E-state index contributed by atoms with van der Waals surface area (Å²) in [6.45, 7) is 3.07. The number of fused-ring (bicyclic) bond motifs is 2. The van der Waals surface area contributed by atoms with Gasteiger partial charge in [0.2, 0.25) is 5.95 Å². The lowest BCUT2D eigenvalue weighted by Gasteiger charge is -2.56. The Morgan fingerprint density at radius 3 is 2.43 bits per heavy atom. The first-order chi connectivity index (χ1) is 22.4. The number of thiazole rings is 1. The number of hydrogen-bond donors (Lipinski definition) is 1. The fourth-order valence-electron chi connectivity index (χ4n) is 9.01. The van der Waals surface area contributed by atoms with Gasteiger partial charge in [-0.05, 0) is 86.8 Å². The number of pyridine rings is 1. The normalized spacial score (nSPS) is 23.4.